The number of hydrogen-bond acceptors (Lipinski definition) is 2. The van der Waals surface area contributed by atoms with Crippen molar-refractivity contribution in [3.8, 4) is 44.5 Å². The quantitative estimate of drug-likeness (QED) is 0.158. The van der Waals surface area contributed by atoms with Crippen LogP contribution in [-0.4, -0.2) is 6.71 Å². The van der Waals surface area contributed by atoms with Gasteiger partial charge in [0.15, 0.2) is 0 Å². The van der Waals surface area contributed by atoms with Crippen molar-refractivity contribution in [2.45, 2.75) is 0 Å². The zero-order valence-corrected chi connectivity index (χ0v) is 31.3. The summed E-state index contributed by atoms with van der Waals surface area (Å²) in [6.45, 7) is 0.00178. The van der Waals surface area contributed by atoms with Gasteiger partial charge in [0.25, 0.3) is 6.71 Å². The molecule has 9 aromatic carbocycles. The number of fused-ring (bicyclic) bond motifs is 4. The van der Waals surface area contributed by atoms with E-state index < -0.39 is 0 Å². The normalized spacial score (nSPS) is 12.5. The lowest BCUT2D eigenvalue weighted by atomic mass is 9.33. The van der Waals surface area contributed by atoms with Crippen LogP contribution in [0.1, 0.15) is 0 Å². The van der Waals surface area contributed by atoms with Gasteiger partial charge >= 0.3 is 0 Å². The van der Waals surface area contributed by atoms with E-state index in [-0.39, 0.29) is 6.71 Å². The second kappa shape index (κ2) is 13.7. The maximum atomic E-state index is 2.53. The highest BCUT2D eigenvalue weighted by atomic mass is 15.2. The molecule has 2 nitrogen and oxygen atoms in total. The molecule has 3 heteroatoms. The van der Waals surface area contributed by atoms with Crippen LogP contribution in [0.3, 0.4) is 0 Å². The highest BCUT2D eigenvalue weighted by Crippen LogP contribution is 2.47. The molecule has 0 fully saturated rings. The second-order valence-corrected chi connectivity index (χ2v) is 14.9. The number of benzene rings is 9. The largest absolute Gasteiger partial charge is 0.311 e. The smallest absolute Gasteiger partial charge is 0.252 e. The number of nitrogens with zero attached hydrogens (tertiary/aromatic N) is 2. The highest BCUT2D eigenvalue weighted by Gasteiger charge is 2.44. The van der Waals surface area contributed by atoms with Gasteiger partial charge in [-0.3, -0.25) is 0 Å². The summed E-state index contributed by atoms with van der Waals surface area (Å²) < 4.78 is 0. The Morgan fingerprint density at radius 1 is 0.281 bits per heavy atom. The Kier molecular flexibility index (Phi) is 7.96. The molecule has 0 atom stereocenters. The molecule has 0 saturated heterocycles. The zero-order valence-electron chi connectivity index (χ0n) is 31.3. The van der Waals surface area contributed by atoms with Crippen molar-refractivity contribution in [3.63, 3.8) is 0 Å². The molecule has 0 aromatic heterocycles. The molecular weight excluding hydrogens is 687 g/mol. The minimum absolute atomic E-state index is 0.00178. The van der Waals surface area contributed by atoms with Gasteiger partial charge in [-0.15, -0.1) is 0 Å². The summed E-state index contributed by atoms with van der Waals surface area (Å²) in [6.07, 6.45) is 0. The van der Waals surface area contributed by atoms with Gasteiger partial charge in [-0.25, -0.2) is 0 Å². The Morgan fingerprint density at radius 2 is 0.772 bits per heavy atom. The van der Waals surface area contributed by atoms with E-state index in [2.05, 4.69) is 234 Å². The topological polar surface area (TPSA) is 6.48 Å². The number of hydrogen-bond donors (Lipinski definition) is 0. The minimum Gasteiger partial charge on any atom is -0.311 e. The van der Waals surface area contributed by atoms with Crippen molar-refractivity contribution in [2.75, 3.05) is 9.80 Å². The van der Waals surface area contributed by atoms with E-state index >= 15 is 0 Å². The van der Waals surface area contributed by atoms with Crippen LogP contribution in [0.15, 0.2) is 224 Å². The fraction of sp³-hybridized carbons (Fsp3) is 0. The molecule has 2 aliphatic rings. The Morgan fingerprint density at radius 3 is 1.42 bits per heavy atom. The van der Waals surface area contributed by atoms with Crippen molar-refractivity contribution >= 4 is 57.2 Å². The first-order valence-corrected chi connectivity index (χ1v) is 19.7. The summed E-state index contributed by atoms with van der Waals surface area (Å²) in [4.78, 5) is 5.01. The summed E-state index contributed by atoms with van der Waals surface area (Å²) >= 11 is 0. The van der Waals surface area contributed by atoms with Crippen molar-refractivity contribution in [3.05, 3.63) is 224 Å². The van der Waals surface area contributed by atoms with Crippen molar-refractivity contribution in [1.29, 1.82) is 0 Å². The van der Waals surface area contributed by atoms with E-state index in [0.29, 0.717) is 0 Å². The fourth-order valence-electron chi connectivity index (χ4n) is 9.08. The molecule has 0 spiro atoms. The molecular formula is C54H37BN2. The van der Waals surface area contributed by atoms with Crippen molar-refractivity contribution in [1.82, 2.24) is 0 Å². The molecule has 0 unspecified atom stereocenters. The molecule has 9 aromatic rings. The van der Waals surface area contributed by atoms with Gasteiger partial charge in [0, 0.05) is 39.7 Å². The van der Waals surface area contributed by atoms with Gasteiger partial charge in [0.2, 0.25) is 0 Å². The van der Waals surface area contributed by atoms with Gasteiger partial charge in [-0.05, 0) is 97.8 Å². The first-order chi connectivity index (χ1) is 28.3. The Bertz CT molecular complexity index is 2890. The maximum absolute atomic E-state index is 2.53. The van der Waals surface area contributed by atoms with Crippen molar-refractivity contribution in [2.24, 2.45) is 0 Å². The summed E-state index contributed by atoms with van der Waals surface area (Å²) in [5, 5.41) is 0. The molecule has 0 amide bonds. The predicted molar refractivity (Wildman–Crippen MR) is 242 cm³/mol. The van der Waals surface area contributed by atoms with E-state index in [1.807, 2.05) is 0 Å². The Balaban J connectivity index is 1.19. The monoisotopic (exact) mass is 724 g/mol. The number of anilines is 6. The van der Waals surface area contributed by atoms with Crippen molar-refractivity contribution < 1.29 is 0 Å². The molecule has 2 heterocycles. The average molecular weight is 725 g/mol. The van der Waals surface area contributed by atoms with Crippen LogP contribution in [0, 0.1) is 0 Å². The van der Waals surface area contributed by atoms with Crippen LogP contribution in [0.2, 0.25) is 0 Å². The molecule has 0 bridgehead atoms. The lowest BCUT2D eigenvalue weighted by Gasteiger charge is -2.45. The molecule has 0 aliphatic carbocycles. The average Bonchev–Trinajstić information content (AvgIpc) is 3.30. The number of para-hydroxylation sites is 1. The molecule has 0 saturated carbocycles. The molecule has 0 radical (unpaired) electrons. The first kappa shape index (κ1) is 33.0. The lowest BCUT2D eigenvalue weighted by molar-refractivity contribution is 1.25. The third-order valence-electron chi connectivity index (χ3n) is 11.6. The van der Waals surface area contributed by atoms with Gasteiger partial charge in [0.1, 0.15) is 0 Å². The summed E-state index contributed by atoms with van der Waals surface area (Å²) in [5.74, 6) is 0. The van der Waals surface area contributed by atoms with Gasteiger partial charge in [-0.2, -0.15) is 0 Å². The van der Waals surface area contributed by atoms with E-state index in [4.69, 9.17) is 0 Å². The standard InChI is InChI=1S/C54H37BN2/c1-5-16-38(17-6-1)41-30-33-45(34-31-41)56-50-35-32-44(40-20-9-3-10-21-40)37-49(50)55-48-27-14-26-47(42-22-11-4-12-23-42)54(48)57(52-29-15-28-51(56)53(52)55)46-25-13-24-43(36-46)39-18-7-2-8-19-39/h1-37H. The fourth-order valence-corrected chi connectivity index (χ4v) is 9.08. The molecule has 266 valence electrons. The maximum Gasteiger partial charge on any atom is 0.252 e. The van der Waals surface area contributed by atoms with E-state index in [1.54, 1.807) is 0 Å². The third-order valence-corrected chi connectivity index (χ3v) is 11.6. The van der Waals surface area contributed by atoms with Crippen LogP contribution < -0.4 is 26.2 Å². The SMILES string of the molecule is c1ccc(-c2ccc(N3c4ccc(-c5ccccc5)cc4B4c5cccc(-c6ccccc6)c5N(c5cccc(-c6ccccc6)c5)c5cccc3c54)cc2)cc1. The first-order valence-electron chi connectivity index (χ1n) is 19.7. The summed E-state index contributed by atoms with van der Waals surface area (Å²) in [7, 11) is 0. The Hall–Kier alpha value is -7.36. The van der Waals surface area contributed by atoms with Crippen LogP contribution in [0.5, 0.6) is 0 Å². The zero-order chi connectivity index (χ0) is 37.7. The van der Waals surface area contributed by atoms with E-state index in [0.717, 1.165) is 11.4 Å². The Labute approximate surface area is 334 Å². The summed E-state index contributed by atoms with van der Waals surface area (Å²) in [6, 6.07) is 82.0. The summed E-state index contributed by atoms with van der Waals surface area (Å²) in [5.41, 5.74) is 20.7. The minimum atomic E-state index is 0.00178. The molecule has 2 aliphatic heterocycles. The van der Waals surface area contributed by atoms with Gasteiger partial charge < -0.3 is 9.80 Å². The van der Waals surface area contributed by atoms with E-state index in [1.165, 1.54) is 83.6 Å². The van der Waals surface area contributed by atoms with Crippen LogP contribution in [-0.2, 0) is 0 Å². The highest BCUT2D eigenvalue weighted by molar-refractivity contribution is 7.00. The van der Waals surface area contributed by atoms with Gasteiger partial charge in [-0.1, -0.05) is 182 Å². The van der Waals surface area contributed by atoms with Crippen LogP contribution in [0.25, 0.3) is 44.5 Å². The molecule has 11 rings (SSSR count). The predicted octanol–water partition coefficient (Wildman–Crippen LogP) is 12.4. The van der Waals surface area contributed by atoms with Gasteiger partial charge in [0.05, 0.1) is 0 Å². The molecule has 57 heavy (non-hydrogen) atoms. The molecule has 0 N–H and O–H groups in total. The van der Waals surface area contributed by atoms with Crippen LogP contribution in [0.4, 0.5) is 34.1 Å². The van der Waals surface area contributed by atoms with E-state index in [9.17, 15) is 0 Å². The van der Waals surface area contributed by atoms with Crippen LogP contribution >= 0.6 is 0 Å². The number of rotatable bonds is 6. The lowest BCUT2D eigenvalue weighted by Crippen LogP contribution is -2.61. The second-order valence-electron chi connectivity index (χ2n) is 14.9. The third kappa shape index (κ3) is 5.59.